The Bertz CT molecular complexity index is 795. The third-order valence-electron chi connectivity index (χ3n) is 3.29. The number of halogens is 1. The van der Waals surface area contributed by atoms with E-state index in [2.05, 4.69) is 5.32 Å². The van der Waals surface area contributed by atoms with E-state index in [1.54, 1.807) is 50.2 Å². The molecule has 0 aliphatic rings. The number of rotatable bonds is 3. The van der Waals surface area contributed by atoms with E-state index in [0.29, 0.717) is 27.4 Å². The molecule has 2 aromatic rings. The monoisotopic (exact) mass is 326 g/mol. The lowest BCUT2D eigenvalue weighted by Crippen LogP contribution is -2.13. The van der Waals surface area contributed by atoms with Crippen LogP contribution in [-0.2, 0) is 4.79 Å². The first-order valence-electron chi connectivity index (χ1n) is 6.89. The number of phenols is 1. The van der Waals surface area contributed by atoms with Gasteiger partial charge >= 0.3 is 0 Å². The average molecular weight is 327 g/mol. The standard InChI is InChI=1S/C18H15ClN2O2/c1-11-7-13(8-12(2)17(11)22)9-14(10-20)18(23)21-16-5-3-15(19)4-6-16/h3-9,22H,1-2H3,(H,21,23)/b14-9-. The number of nitrogens with zero attached hydrogens (tertiary/aromatic N) is 1. The Morgan fingerprint density at radius 1 is 1.22 bits per heavy atom. The molecule has 116 valence electrons. The molecule has 2 rings (SSSR count). The molecule has 2 aromatic carbocycles. The van der Waals surface area contributed by atoms with Crippen LogP contribution < -0.4 is 5.32 Å². The van der Waals surface area contributed by atoms with Crippen LogP contribution in [0.3, 0.4) is 0 Å². The molecule has 4 nitrogen and oxygen atoms in total. The molecule has 0 bridgehead atoms. The van der Waals surface area contributed by atoms with Gasteiger partial charge in [-0.2, -0.15) is 5.26 Å². The van der Waals surface area contributed by atoms with Crippen LogP contribution in [0.2, 0.25) is 5.02 Å². The smallest absolute Gasteiger partial charge is 0.266 e. The predicted molar refractivity (Wildman–Crippen MR) is 91.3 cm³/mol. The number of hydrogen-bond donors (Lipinski definition) is 2. The topological polar surface area (TPSA) is 73.1 Å². The molecule has 0 saturated carbocycles. The first-order chi connectivity index (χ1) is 10.9. The van der Waals surface area contributed by atoms with Crippen LogP contribution in [-0.4, -0.2) is 11.0 Å². The number of nitriles is 1. The minimum absolute atomic E-state index is 0.0237. The molecule has 0 spiro atoms. The predicted octanol–water partition coefficient (Wildman–Crippen LogP) is 4.21. The summed E-state index contributed by atoms with van der Waals surface area (Å²) in [7, 11) is 0. The molecule has 0 heterocycles. The molecule has 0 aliphatic carbocycles. The van der Waals surface area contributed by atoms with Crippen LogP contribution in [0.1, 0.15) is 16.7 Å². The van der Waals surface area contributed by atoms with Gasteiger partial charge in [0.15, 0.2) is 0 Å². The summed E-state index contributed by atoms with van der Waals surface area (Å²) < 4.78 is 0. The second-order valence-electron chi connectivity index (χ2n) is 5.13. The lowest BCUT2D eigenvalue weighted by atomic mass is 10.0. The van der Waals surface area contributed by atoms with Crippen LogP contribution >= 0.6 is 11.6 Å². The van der Waals surface area contributed by atoms with Gasteiger partial charge in [-0.15, -0.1) is 0 Å². The summed E-state index contributed by atoms with van der Waals surface area (Å²) in [4.78, 5) is 12.2. The summed E-state index contributed by atoms with van der Waals surface area (Å²) in [6, 6.07) is 11.9. The number of benzene rings is 2. The summed E-state index contributed by atoms with van der Waals surface area (Å²) in [5.41, 5.74) is 2.59. The van der Waals surface area contributed by atoms with Gasteiger partial charge in [0.1, 0.15) is 17.4 Å². The van der Waals surface area contributed by atoms with Crippen molar-refractivity contribution in [3.05, 3.63) is 63.7 Å². The molecule has 0 fully saturated rings. The van der Waals surface area contributed by atoms with Crippen LogP contribution in [0.4, 0.5) is 5.69 Å². The molecule has 0 aliphatic heterocycles. The molecule has 2 N–H and O–H groups in total. The second kappa shape index (κ2) is 6.99. The van der Waals surface area contributed by atoms with Crippen molar-refractivity contribution in [1.29, 1.82) is 5.26 Å². The molecule has 5 heteroatoms. The molecule has 0 radical (unpaired) electrons. The molecular formula is C18H15ClN2O2. The summed E-state index contributed by atoms with van der Waals surface area (Å²) in [6.07, 6.45) is 1.49. The molecular weight excluding hydrogens is 312 g/mol. The van der Waals surface area contributed by atoms with Crippen molar-refractivity contribution >= 4 is 29.3 Å². The number of hydrogen-bond acceptors (Lipinski definition) is 3. The number of amides is 1. The van der Waals surface area contributed by atoms with Gasteiger partial charge in [0.05, 0.1) is 0 Å². The van der Waals surface area contributed by atoms with Gasteiger partial charge in [-0.1, -0.05) is 11.6 Å². The first-order valence-corrected chi connectivity index (χ1v) is 7.27. The zero-order valence-corrected chi connectivity index (χ0v) is 13.5. The minimum atomic E-state index is -0.502. The maximum atomic E-state index is 12.2. The highest BCUT2D eigenvalue weighted by Gasteiger charge is 2.10. The number of phenolic OH excluding ortho intramolecular Hbond substituents is 1. The van der Waals surface area contributed by atoms with Gasteiger partial charge in [-0.25, -0.2) is 0 Å². The molecule has 0 atom stereocenters. The van der Waals surface area contributed by atoms with E-state index >= 15 is 0 Å². The highest BCUT2D eigenvalue weighted by molar-refractivity contribution is 6.30. The van der Waals surface area contributed by atoms with Crippen LogP contribution in [0.5, 0.6) is 5.75 Å². The zero-order chi connectivity index (χ0) is 17.0. The lowest BCUT2D eigenvalue weighted by molar-refractivity contribution is -0.112. The number of anilines is 1. The Hall–Kier alpha value is -2.77. The fourth-order valence-electron chi connectivity index (χ4n) is 2.12. The SMILES string of the molecule is Cc1cc(/C=C(/C#N)C(=O)Nc2ccc(Cl)cc2)cc(C)c1O. The fraction of sp³-hybridized carbons (Fsp3) is 0.111. The van der Waals surface area contributed by atoms with Crippen molar-refractivity contribution in [3.8, 4) is 11.8 Å². The molecule has 23 heavy (non-hydrogen) atoms. The summed E-state index contributed by atoms with van der Waals surface area (Å²) in [6.45, 7) is 3.53. The van der Waals surface area contributed by atoms with Crippen LogP contribution in [0.15, 0.2) is 42.0 Å². The Morgan fingerprint density at radius 3 is 2.30 bits per heavy atom. The normalized spacial score (nSPS) is 11.0. The maximum absolute atomic E-state index is 12.2. The van der Waals surface area contributed by atoms with Crippen molar-refractivity contribution in [2.24, 2.45) is 0 Å². The number of carbonyl (C=O) groups is 1. The first kappa shape index (κ1) is 16.6. The van der Waals surface area contributed by atoms with Gasteiger partial charge < -0.3 is 10.4 Å². The summed E-state index contributed by atoms with van der Waals surface area (Å²) in [5, 5.41) is 22.2. The average Bonchev–Trinajstić information content (AvgIpc) is 2.52. The summed E-state index contributed by atoms with van der Waals surface area (Å²) in [5.74, 6) is -0.288. The Labute approximate surface area is 139 Å². The van der Waals surface area contributed by atoms with Crippen molar-refractivity contribution < 1.29 is 9.90 Å². The molecule has 0 aromatic heterocycles. The Morgan fingerprint density at radius 2 is 1.78 bits per heavy atom. The molecule has 0 unspecified atom stereocenters. The highest BCUT2D eigenvalue weighted by Crippen LogP contribution is 2.24. The number of nitrogens with one attached hydrogen (secondary N) is 1. The van der Waals surface area contributed by atoms with E-state index in [9.17, 15) is 15.2 Å². The van der Waals surface area contributed by atoms with E-state index in [0.717, 1.165) is 0 Å². The van der Waals surface area contributed by atoms with Gasteiger partial charge in [-0.3, -0.25) is 4.79 Å². The Balaban J connectivity index is 2.26. The largest absolute Gasteiger partial charge is 0.507 e. The lowest BCUT2D eigenvalue weighted by Gasteiger charge is -2.07. The maximum Gasteiger partial charge on any atom is 0.266 e. The molecule has 0 saturated heterocycles. The zero-order valence-electron chi connectivity index (χ0n) is 12.7. The van der Waals surface area contributed by atoms with E-state index in [1.165, 1.54) is 6.08 Å². The third kappa shape index (κ3) is 4.12. The van der Waals surface area contributed by atoms with E-state index in [1.807, 2.05) is 6.07 Å². The van der Waals surface area contributed by atoms with E-state index in [4.69, 9.17) is 11.6 Å². The number of aryl methyl sites for hydroxylation is 2. The van der Waals surface area contributed by atoms with Gasteiger partial charge in [0.25, 0.3) is 5.91 Å². The van der Waals surface area contributed by atoms with Crippen LogP contribution in [0.25, 0.3) is 6.08 Å². The van der Waals surface area contributed by atoms with Crippen molar-refractivity contribution in [2.45, 2.75) is 13.8 Å². The summed E-state index contributed by atoms with van der Waals surface area (Å²) >= 11 is 5.79. The quantitative estimate of drug-likeness (QED) is 0.655. The van der Waals surface area contributed by atoms with Crippen molar-refractivity contribution in [1.82, 2.24) is 0 Å². The molecule has 1 amide bonds. The number of aromatic hydroxyl groups is 1. The number of carbonyl (C=O) groups excluding carboxylic acids is 1. The van der Waals surface area contributed by atoms with Crippen LogP contribution in [0, 0.1) is 25.2 Å². The van der Waals surface area contributed by atoms with Gasteiger partial charge in [0.2, 0.25) is 0 Å². The van der Waals surface area contributed by atoms with E-state index in [-0.39, 0.29) is 11.3 Å². The van der Waals surface area contributed by atoms with Gasteiger partial charge in [0, 0.05) is 10.7 Å². The Kier molecular flexibility index (Phi) is 5.05. The second-order valence-corrected chi connectivity index (χ2v) is 5.57. The minimum Gasteiger partial charge on any atom is -0.507 e. The fourth-order valence-corrected chi connectivity index (χ4v) is 2.25. The highest BCUT2D eigenvalue weighted by atomic mass is 35.5. The van der Waals surface area contributed by atoms with Crippen molar-refractivity contribution in [3.63, 3.8) is 0 Å². The third-order valence-corrected chi connectivity index (χ3v) is 3.54. The van der Waals surface area contributed by atoms with E-state index < -0.39 is 5.91 Å². The van der Waals surface area contributed by atoms with Gasteiger partial charge in [-0.05, 0) is 73.0 Å². The van der Waals surface area contributed by atoms with Crippen molar-refractivity contribution in [2.75, 3.05) is 5.32 Å².